The molecule has 0 aliphatic rings. The molecule has 0 saturated heterocycles. The highest BCUT2D eigenvalue weighted by Crippen LogP contribution is 2.18. The third-order valence-electron chi connectivity index (χ3n) is 3.37. The molecule has 1 aromatic carbocycles. The van der Waals surface area contributed by atoms with Gasteiger partial charge in [-0.25, -0.2) is 0 Å². The molecule has 2 N–H and O–H groups in total. The SMILES string of the molecule is CCNC(=O)Cc1cc(C)c(C(=O)c2ccc(OC)cc2)[nH]1. The normalized spacial score (nSPS) is 10.3. The van der Waals surface area contributed by atoms with Gasteiger partial charge in [0.25, 0.3) is 0 Å². The molecule has 2 rings (SSSR count). The van der Waals surface area contributed by atoms with Gasteiger partial charge in [-0.2, -0.15) is 0 Å². The van der Waals surface area contributed by atoms with Crippen molar-refractivity contribution in [2.45, 2.75) is 20.3 Å². The Balaban J connectivity index is 2.18. The van der Waals surface area contributed by atoms with Gasteiger partial charge in [0.05, 0.1) is 19.2 Å². The highest BCUT2D eigenvalue weighted by Gasteiger charge is 2.16. The van der Waals surface area contributed by atoms with Crippen LogP contribution in [0.2, 0.25) is 0 Å². The molecule has 5 nitrogen and oxygen atoms in total. The molecule has 0 spiro atoms. The topological polar surface area (TPSA) is 71.2 Å². The third kappa shape index (κ3) is 3.55. The van der Waals surface area contributed by atoms with E-state index in [0.29, 0.717) is 23.6 Å². The zero-order valence-electron chi connectivity index (χ0n) is 13.0. The molecule has 0 saturated carbocycles. The van der Waals surface area contributed by atoms with E-state index < -0.39 is 0 Å². The molecule has 1 amide bonds. The minimum absolute atomic E-state index is 0.0628. The molecule has 2 aromatic rings. The number of likely N-dealkylation sites (N-methyl/N-ethyl adjacent to an activating group) is 1. The molecule has 0 unspecified atom stereocenters. The number of carbonyl (C=O) groups excluding carboxylic acids is 2. The smallest absolute Gasteiger partial charge is 0.225 e. The highest BCUT2D eigenvalue weighted by atomic mass is 16.5. The lowest BCUT2D eigenvalue weighted by Gasteiger charge is -2.03. The largest absolute Gasteiger partial charge is 0.497 e. The van der Waals surface area contributed by atoms with Crippen LogP contribution in [-0.2, 0) is 11.2 Å². The van der Waals surface area contributed by atoms with Crippen LogP contribution >= 0.6 is 0 Å². The molecule has 1 heterocycles. The second kappa shape index (κ2) is 6.93. The lowest BCUT2D eigenvalue weighted by Crippen LogP contribution is -2.24. The van der Waals surface area contributed by atoms with Gasteiger partial charge in [-0.3, -0.25) is 9.59 Å². The van der Waals surface area contributed by atoms with Crippen LogP contribution in [0.4, 0.5) is 0 Å². The number of rotatable bonds is 6. The Bertz CT molecular complexity index is 672. The second-order valence-electron chi connectivity index (χ2n) is 5.04. The lowest BCUT2D eigenvalue weighted by molar-refractivity contribution is -0.120. The maximum atomic E-state index is 12.5. The fraction of sp³-hybridized carbons (Fsp3) is 0.294. The van der Waals surface area contributed by atoms with Crippen molar-refractivity contribution in [3.63, 3.8) is 0 Å². The molecule has 1 aromatic heterocycles. The Labute approximate surface area is 129 Å². The first kappa shape index (κ1) is 15.8. The minimum Gasteiger partial charge on any atom is -0.497 e. The summed E-state index contributed by atoms with van der Waals surface area (Å²) in [5.41, 5.74) is 2.67. The Morgan fingerprint density at radius 2 is 1.91 bits per heavy atom. The number of aromatic amines is 1. The average molecular weight is 300 g/mol. The van der Waals surface area contributed by atoms with E-state index in [0.717, 1.165) is 11.3 Å². The fourth-order valence-electron chi connectivity index (χ4n) is 2.28. The fourth-order valence-corrected chi connectivity index (χ4v) is 2.28. The quantitative estimate of drug-likeness (QED) is 0.804. The van der Waals surface area contributed by atoms with Gasteiger partial charge in [0.15, 0.2) is 0 Å². The summed E-state index contributed by atoms with van der Waals surface area (Å²) in [6, 6.07) is 8.80. The van der Waals surface area contributed by atoms with E-state index >= 15 is 0 Å². The van der Waals surface area contributed by atoms with Crippen molar-refractivity contribution in [1.82, 2.24) is 10.3 Å². The second-order valence-corrected chi connectivity index (χ2v) is 5.04. The number of H-pyrrole nitrogens is 1. The maximum absolute atomic E-state index is 12.5. The van der Waals surface area contributed by atoms with Crippen molar-refractivity contribution < 1.29 is 14.3 Å². The summed E-state index contributed by atoms with van der Waals surface area (Å²) in [7, 11) is 1.58. The first-order valence-electron chi connectivity index (χ1n) is 7.19. The van der Waals surface area contributed by atoms with Crippen LogP contribution in [0.25, 0.3) is 0 Å². The highest BCUT2D eigenvalue weighted by molar-refractivity contribution is 6.08. The van der Waals surface area contributed by atoms with Crippen LogP contribution in [0.5, 0.6) is 5.75 Å². The summed E-state index contributed by atoms with van der Waals surface area (Å²) >= 11 is 0. The zero-order chi connectivity index (χ0) is 16.1. The van der Waals surface area contributed by atoms with Crippen molar-refractivity contribution in [3.05, 3.63) is 52.8 Å². The third-order valence-corrected chi connectivity index (χ3v) is 3.37. The average Bonchev–Trinajstić information content (AvgIpc) is 2.87. The van der Waals surface area contributed by atoms with Crippen molar-refractivity contribution in [2.75, 3.05) is 13.7 Å². The predicted octanol–water partition coefficient (Wildman–Crippen LogP) is 2.24. The van der Waals surface area contributed by atoms with Gasteiger partial charge < -0.3 is 15.0 Å². The van der Waals surface area contributed by atoms with Crippen LogP contribution in [0.3, 0.4) is 0 Å². The number of benzene rings is 1. The summed E-state index contributed by atoms with van der Waals surface area (Å²) in [6.45, 7) is 4.32. The molecule has 0 atom stereocenters. The first-order chi connectivity index (χ1) is 10.5. The van der Waals surface area contributed by atoms with Gasteiger partial charge >= 0.3 is 0 Å². The summed E-state index contributed by atoms with van der Waals surface area (Å²) in [6.07, 6.45) is 0.241. The van der Waals surface area contributed by atoms with Crippen molar-refractivity contribution in [2.24, 2.45) is 0 Å². The summed E-state index contributed by atoms with van der Waals surface area (Å²) in [5, 5.41) is 2.74. The molecule has 5 heteroatoms. The van der Waals surface area contributed by atoms with Crippen LogP contribution in [0.15, 0.2) is 30.3 Å². The number of amides is 1. The maximum Gasteiger partial charge on any atom is 0.225 e. The van der Waals surface area contributed by atoms with Crippen LogP contribution in [-0.4, -0.2) is 30.3 Å². The van der Waals surface area contributed by atoms with E-state index in [1.54, 1.807) is 31.4 Å². The molecule has 0 bridgehead atoms. The van der Waals surface area contributed by atoms with E-state index in [1.807, 2.05) is 19.9 Å². The van der Waals surface area contributed by atoms with Gasteiger partial charge in [-0.15, -0.1) is 0 Å². The number of ketones is 1. The number of aromatic nitrogens is 1. The van der Waals surface area contributed by atoms with Gasteiger partial charge in [-0.1, -0.05) is 0 Å². The van der Waals surface area contributed by atoms with E-state index in [1.165, 1.54) is 0 Å². The molecule has 0 aliphatic carbocycles. The molecule has 116 valence electrons. The molecular weight excluding hydrogens is 280 g/mol. The predicted molar refractivity (Wildman–Crippen MR) is 84.3 cm³/mol. The summed E-state index contributed by atoms with van der Waals surface area (Å²) in [4.78, 5) is 27.2. The van der Waals surface area contributed by atoms with E-state index in [2.05, 4.69) is 10.3 Å². The number of hydrogen-bond acceptors (Lipinski definition) is 3. The number of ether oxygens (including phenoxy) is 1. The Hall–Kier alpha value is -2.56. The number of carbonyl (C=O) groups is 2. The van der Waals surface area contributed by atoms with Crippen molar-refractivity contribution in [3.8, 4) is 5.75 Å². The van der Waals surface area contributed by atoms with Crippen molar-refractivity contribution in [1.29, 1.82) is 0 Å². The monoisotopic (exact) mass is 300 g/mol. The van der Waals surface area contributed by atoms with E-state index in [9.17, 15) is 9.59 Å². The zero-order valence-corrected chi connectivity index (χ0v) is 13.0. The lowest BCUT2D eigenvalue weighted by atomic mass is 10.1. The van der Waals surface area contributed by atoms with E-state index in [4.69, 9.17) is 4.74 Å². The number of hydrogen-bond donors (Lipinski definition) is 2. The molecule has 0 fully saturated rings. The molecule has 0 aliphatic heterocycles. The standard InChI is InChI=1S/C17H20N2O3/c1-4-18-15(20)10-13-9-11(2)16(19-13)17(21)12-5-7-14(22-3)8-6-12/h5-9,19H,4,10H2,1-3H3,(H,18,20). The van der Waals surface area contributed by atoms with Crippen molar-refractivity contribution >= 4 is 11.7 Å². The molecule has 22 heavy (non-hydrogen) atoms. The summed E-state index contributed by atoms with van der Waals surface area (Å²) in [5.74, 6) is 0.547. The van der Waals surface area contributed by atoms with Gasteiger partial charge in [0.2, 0.25) is 11.7 Å². The van der Waals surface area contributed by atoms with Crippen LogP contribution in [0, 0.1) is 6.92 Å². The Morgan fingerprint density at radius 1 is 1.23 bits per heavy atom. The van der Waals surface area contributed by atoms with Gasteiger partial charge in [-0.05, 0) is 49.7 Å². The number of nitrogens with one attached hydrogen (secondary N) is 2. The number of methoxy groups -OCH3 is 1. The van der Waals surface area contributed by atoms with E-state index in [-0.39, 0.29) is 18.1 Å². The van der Waals surface area contributed by atoms with Crippen LogP contribution < -0.4 is 10.1 Å². The number of aryl methyl sites for hydroxylation is 1. The molecule has 0 radical (unpaired) electrons. The van der Waals surface area contributed by atoms with Gasteiger partial charge in [0.1, 0.15) is 5.75 Å². The molecular formula is C17H20N2O3. The Kier molecular flexibility index (Phi) is 4.99. The minimum atomic E-state index is -0.0951. The van der Waals surface area contributed by atoms with Gasteiger partial charge in [0, 0.05) is 17.8 Å². The Morgan fingerprint density at radius 3 is 2.50 bits per heavy atom. The van der Waals surface area contributed by atoms with Crippen LogP contribution in [0.1, 0.15) is 34.2 Å². The summed E-state index contributed by atoms with van der Waals surface area (Å²) < 4.78 is 5.09. The first-order valence-corrected chi connectivity index (χ1v) is 7.19.